The molecule has 84 valence electrons. The summed E-state index contributed by atoms with van der Waals surface area (Å²) in [4.78, 5) is 2.40. The molecule has 0 fully saturated rings. The van der Waals surface area contributed by atoms with Crippen molar-refractivity contribution < 1.29 is 0 Å². The smallest absolute Gasteiger partial charge is 0.0347 e. The van der Waals surface area contributed by atoms with Crippen molar-refractivity contribution >= 4 is 21.6 Å². The van der Waals surface area contributed by atoms with Gasteiger partial charge in [-0.15, -0.1) is 0 Å². The Kier molecular flexibility index (Phi) is 5.12. The maximum absolute atomic E-state index is 5.92. The molecule has 1 rings (SSSR count). The molecule has 0 unspecified atom stereocenters. The van der Waals surface area contributed by atoms with Gasteiger partial charge in [-0.1, -0.05) is 29.8 Å². The number of likely N-dealkylation sites (N-methyl/N-ethyl adjacent to an activating group) is 1. The van der Waals surface area contributed by atoms with Crippen LogP contribution in [0, 0.1) is 0 Å². The van der Waals surface area contributed by atoms with Gasteiger partial charge in [0, 0.05) is 16.7 Å². The van der Waals surface area contributed by atoms with E-state index in [9.17, 15) is 0 Å². The molecule has 0 aliphatic carbocycles. The van der Waals surface area contributed by atoms with Gasteiger partial charge >= 0.3 is 0 Å². The van der Waals surface area contributed by atoms with Crippen molar-refractivity contribution in [2.75, 3.05) is 25.4 Å². The molecule has 1 aromatic carbocycles. The number of nitrogens with two attached hydrogens (primary N) is 1. The molecular formula is C12H19BrN2. The molecule has 2 nitrogen and oxygen atoms in total. The molecule has 0 aliphatic heterocycles. The third-order valence-electron chi connectivity index (χ3n) is 2.70. The van der Waals surface area contributed by atoms with E-state index in [1.54, 1.807) is 0 Å². The summed E-state index contributed by atoms with van der Waals surface area (Å²) in [5.74, 6) is 0. The molecule has 3 heteroatoms. The SMILES string of the molecule is CCN(CC)CCc1cc(Br)ccc1N. The van der Waals surface area contributed by atoms with Crippen LogP contribution in [0.1, 0.15) is 19.4 Å². The lowest BCUT2D eigenvalue weighted by molar-refractivity contribution is 0.308. The van der Waals surface area contributed by atoms with Crippen molar-refractivity contribution in [2.24, 2.45) is 0 Å². The van der Waals surface area contributed by atoms with E-state index < -0.39 is 0 Å². The minimum Gasteiger partial charge on any atom is -0.399 e. The fraction of sp³-hybridized carbons (Fsp3) is 0.500. The van der Waals surface area contributed by atoms with Crippen molar-refractivity contribution in [2.45, 2.75) is 20.3 Å². The minimum atomic E-state index is 0.894. The number of benzene rings is 1. The zero-order valence-corrected chi connectivity index (χ0v) is 11.0. The van der Waals surface area contributed by atoms with Gasteiger partial charge in [-0.25, -0.2) is 0 Å². The van der Waals surface area contributed by atoms with E-state index in [-0.39, 0.29) is 0 Å². The van der Waals surface area contributed by atoms with E-state index in [0.29, 0.717) is 0 Å². The summed E-state index contributed by atoms with van der Waals surface area (Å²) in [6, 6.07) is 6.05. The predicted molar refractivity (Wildman–Crippen MR) is 70.0 cm³/mol. The molecule has 1 aromatic rings. The average Bonchev–Trinajstić information content (AvgIpc) is 2.24. The zero-order valence-electron chi connectivity index (χ0n) is 9.46. The Bertz CT molecular complexity index is 308. The van der Waals surface area contributed by atoms with Gasteiger partial charge in [0.25, 0.3) is 0 Å². The van der Waals surface area contributed by atoms with Crippen molar-refractivity contribution in [3.8, 4) is 0 Å². The highest BCUT2D eigenvalue weighted by atomic mass is 79.9. The predicted octanol–water partition coefficient (Wildman–Crippen LogP) is 2.92. The fourth-order valence-corrected chi connectivity index (χ4v) is 2.02. The fourth-order valence-electron chi connectivity index (χ4n) is 1.61. The molecule has 0 aromatic heterocycles. The zero-order chi connectivity index (χ0) is 11.3. The summed E-state index contributed by atoms with van der Waals surface area (Å²) in [5, 5.41) is 0. The Morgan fingerprint density at radius 1 is 1.27 bits per heavy atom. The molecule has 0 aliphatic rings. The maximum atomic E-state index is 5.92. The molecule has 0 spiro atoms. The van der Waals surface area contributed by atoms with E-state index in [2.05, 4.69) is 40.7 Å². The Labute approximate surface area is 101 Å². The number of hydrogen-bond acceptors (Lipinski definition) is 2. The van der Waals surface area contributed by atoms with Crippen molar-refractivity contribution in [1.82, 2.24) is 4.90 Å². The van der Waals surface area contributed by atoms with Gasteiger partial charge in [0.05, 0.1) is 0 Å². The first kappa shape index (κ1) is 12.5. The highest BCUT2D eigenvalue weighted by Crippen LogP contribution is 2.19. The van der Waals surface area contributed by atoms with E-state index >= 15 is 0 Å². The number of halogens is 1. The molecule has 0 saturated carbocycles. The number of nitrogen functional groups attached to an aromatic ring is 1. The minimum absolute atomic E-state index is 0.894. The molecule has 2 N–H and O–H groups in total. The van der Waals surface area contributed by atoms with Crippen LogP contribution in [0.5, 0.6) is 0 Å². The summed E-state index contributed by atoms with van der Waals surface area (Å²) >= 11 is 3.47. The normalized spacial score (nSPS) is 10.9. The molecular weight excluding hydrogens is 252 g/mol. The molecule has 0 saturated heterocycles. The first-order valence-electron chi connectivity index (χ1n) is 5.43. The number of anilines is 1. The first-order valence-corrected chi connectivity index (χ1v) is 6.23. The van der Waals surface area contributed by atoms with Crippen molar-refractivity contribution in [1.29, 1.82) is 0 Å². The summed E-state index contributed by atoms with van der Waals surface area (Å²) in [5.41, 5.74) is 8.05. The quantitative estimate of drug-likeness (QED) is 0.834. The van der Waals surface area contributed by atoms with Crippen LogP contribution in [0.15, 0.2) is 22.7 Å². The second-order valence-electron chi connectivity index (χ2n) is 3.62. The number of rotatable bonds is 5. The standard InChI is InChI=1S/C12H19BrN2/c1-3-15(4-2)8-7-10-9-11(13)5-6-12(10)14/h5-6,9H,3-4,7-8,14H2,1-2H3. The number of nitrogens with zero attached hydrogens (tertiary/aromatic N) is 1. The van der Waals surface area contributed by atoms with Crippen molar-refractivity contribution in [3.05, 3.63) is 28.2 Å². The number of hydrogen-bond donors (Lipinski definition) is 1. The summed E-state index contributed by atoms with van der Waals surface area (Å²) in [7, 11) is 0. The molecule has 0 radical (unpaired) electrons. The van der Waals surface area contributed by atoms with Gasteiger partial charge in [0.2, 0.25) is 0 Å². The Morgan fingerprint density at radius 2 is 1.93 bits per heavy atom. The maximum Gasteiger partial charge on any atom is 0.0347 e. The molecule has 0 bridgehead atoms. The largest absolute Gasteiger partial charge is 0.399 e. The van der Waals surface area contributed by atoms with E-state index in [1.807, 2.05) is 12.1 Å². The van der Waals surface area contributed by atoms with E-state index in [1.165, 1.54) is 5.56 Å². The highest BCUT2D eigenvalue weighted by molar-refractivity contribution is 9.10. The molecule has 15 heavy (non-hydrogen) atoms. The summed E-state index contributed by atoms with van der Waals surface area (Å²) in [6.07, 6.45) is 1.02. The van der Waals surface area contributed by atoms with Gasteiger partial charge in [-0.2, -0.15) is 0 Å². The Morgan fingerprint density at radius 3 is 2.53 bits per heavy atom. The van der Waals surface area contributed by atoms with Crippen LogP contribution in [0.4, 0.5) is 5.69 Å². The van der Waals surface area contributed by atoms with Gasteiger partial charge < -0.3 is 10.6 Å². The summed E-state index contributed by atoms with van der Waals surface area (Å²) in [6.45, 7) is 7.66. The van der Waals surface area contributed by atoms with Gasteiger partial charge in [-0.3, -0.25) is 0 Å². The first-order chi connectivity index (χ1) is 7.17. The average molecular weight is 271 g/mol. The lowest BCUT2D eigenvalue weighted by atomic mass is 10.1. The topological polar surface area (TPSA) is 29.3 Å². The Balaban J connectivity index is 2.60. The van der Waals surface area contributed by atoms with Crippen LogP contribution in [0.3, 0.4) is 0 Å². The van der Waals surface area contributed by atoms with Crippen LogP contribution < -0.4 is 5.73 Å². The lowest BCUT2D eigenvalue weighted by Crippen LogP contribution is -2.25. The second kappa shape index (κ2) is 6.13. The van der Waals surface area contributed by atoms with Gasteiger partial charge in [-0.05, 0) is 43.3 Å². The Hall–Kier alpha value is -0.540. The van der Waals surface area contributed by atoms with Crippen LogP contribution in [-0.2, 0) is 6.42 Å². The highest BCUT2D eigenvalue weighted by Gasteiger charge is 2.03. The second-order valence-corrected chi connectivity index (χ2v) is 4.54. The van der Waals surface area contributed by atoms with Crippen LogP contribution >= 0.6 is 15.9 Å². The summed E-state index contributed by atoms with van der Waals surface area (Å²) < 4.78 is 1.10. The van der Waals surface area contributed by atoms with Crippen LogP contribution in [0.25, 0.3) is 0 Å². The van der Waals surface area contributed by atoms with Crippen molar-refractivity contribution in [3.63, 3.8) is 0 Å². The monoisotopic (exact) mass is 270 g/mol. The molecule has 0 heterocycles. The molecule has 0 amide bonds. The lowest BCUT2D eigenvalue weighted by Gasteiger charge is -2.18. The third-order valence-corrected chi connectivity index (χ3v) is 3.19. The van der Waals surface area contributed by atoms with Crippen LogP contribution in [-0.4, -0.2) is 24.5 Å². The van der Waals surface area contributed by atoms with Gasteiger partial charge in [0.1, 0.15) is 0 Å². The van der Waals surface area contributed by atoms with Gasteiger partial charge in [0.15, 0.2) is 0 Å². The third kappa shape index (κ3) is 3.84. The van der Waals surface area contributed by atoms with E-state index in [0.717, 1.165) is 36.2 Å². The van der Waals surface area contributed by atoms with Crippen LogP contribution in [0.2, 0.25) is 0 Å². The molecule has 0 atom stereocenters. The van der Waals surface area contributed by atoms with E-state index in [4.69, 9.17) is 5.73 Å².